The average Bonchev–Trinajstić information content (AvgIpc) is 3.23. The van der Waals surface area contributed by atoms with Crippen LogP contribution >= 0.6 is 0 Å². The summed E-state index contributed by atoms with van der Waals surface area (Å²) in [5.74, 6) is 0.0482. The van der Waals surface area contributed by atoms with E-state index in [4.69, 9.17) is 4.74 Å². The summed E-state index contributed by atoms with van der Waals surface area (Å²) >= 11 is 0. The van der Waals surface area contributed by atoms with E-state index in [1.54, 1.807) is 0 Å². The molecule has 1 N–H and O–H groups in total. The number of ether oxygens (including phenoxy) is 1. The first-order valence-corrected chi connectivity index (χ1v) is 10.2. The van der Waals surface area contributed by atoms with Crippen molar-refractivity contribution in [3.8, 4) is 0 Å². The van der Waals surface area contributed by atoms with Crippen molar-refractivity contribution in [2.75, 3.05) is 13.2 Å². The standard InChI is InChI=1S/C21H32N2O4/c1-13(2)27-11-9-21(3,4)22-16(24)6-5-10-23-19(25)17-14-7-8-15(12-14)18(17)20(23)26/h7-8,13-15,17-18H,5-6,9-12H2,1-4H3,(H,22,24)/t14?,15?,17-,18+. The fourth-order valence-corrected chi connectivity index (χ4v) is 4.63. The molecule has 1 heterocycles. The molecule has 0 radical (unpaired) electrons. The third kappa shape index (κ3) is 4.26. The second-order valence-electron chi connectivity index (χ2n) is 9.03. The lowest BCUT2D eigenvalue weighted by molar-refractivity contribution is -0.141. The Morgan fingerprint density at radius 1 is 1.22 bits per heavy atom. The monoisotopic (exact) mass is 376 g/mol. The molecule has 2 unspecified atom stereocenters. The maximum atomic E-state index is 12.6. The summed E-state index contributed by atoms with van der Waals surface area (Å²) < 4.78 is 5.55. The number of fused-ring (bicyclic) bond motifs is 5. The minimum atomic E-state index is -0.340. The zero-order valence-corrected chi connectivity index (χ0v) is 16.9. The number of nitrogens with one attached hydrogen (secondary N) is 1. The van der Waals surface area contributed by atoms with Gasteiger partial charge in [-0.05, 0) is 58.8 Å². The van der Waals surface area contributed by atoms with Crippen LogP contribution in [0.4, 0.5) is 0 Å². The largest absolute Gasteiger partial charge is 0.379 e. The van der Waals surface area contributed by atoms with Gasteiger partial charge in [0, 0.05) is 25.1 Å². The van der Waals surface area contributed by atoms with E-state index in [1.165, 1.54) is 4.90 Å². The predicted octanol–water partition coefficient (Wildman–Crippen LogP) is 2.28. The third-order valence-electron chi connectivity index (χ3n) is 6.00. The summed E-state index contributed by atoms with van der Waals surface area (Å²) in [4.78, 5) is 38.9. The number of hydrogen-bond donors (Lipinski definition) is 1. The number of allylic oxidation sites excluding steroid dienone is 2. The maximum Gasteiger partial charge on any atom is 0.233 e. The maximum absolute atomic E-state index is 12.6. The number of rotatable bonds is 9. The Kier molecular flexibility index (Phi) is 5.75. The van der Waals surface area contributed by atoms with Gasteiger partial charge in [-0.3, -0.25) is 19.3 Å². The highest BCUT2D eigenvalue weighted by Crippen LogP contribution is 2.52. The zero-order valence-electron chi connectivity index (χ0n) is 16.9. The van der Waals surface area contributed by atoms with Gasteiger partial charge in [-0.15, -0.1) is 0 Å². The molecule has 1 saturated carbocycles. The molecular formula is C21H32N2O4. The van der Waals surface area contributed by atoms with Gasteiger partial charge < -0.3 is 10.1 Å². The lowest BCUT2D eigenvalue weighted by Crippen LogP contribution is -2.44. The van der Waals surface area contributed by atoms with E-state index >= 15 is 0 Å². The molecule has 3 rings (SSSR count). The van der Waals surface area contributed by atoms with Crippen LogP contribution in [-0.2, 0) is 19.1 Å². The minimum absolute atomic E-state index is 0.0339. The molecule has 2 aliphatic carbocycles. The van der Waals surface area contributed by atoms with Crippen molar-refractivity contribution in [1.29, 1.82) is 0 Å². The van der Waals surface area contributed by atoms with E-state index in [1.807, 2.05) is 27.7 Å². The summed E-state index contributed by atoms with van der Waals surface area (Å²) in [6.45, 7) is 8.87. The van der Waals surface area contributed by atoms with Gasteiger partial charge in [0.25, 0.3) is 0 Å². The second kappa shape index (κ2) is 7.74. The van der Waals surface area contributed by atoms with Gasteiger partial charge in [0.2, 0.25) is 17.7 Å². The Balaban J connectivity index is 1.42. The molecule has 0 aromatic carbocycles. The number of likely N-dealkylation sites (tertiary alicyclic amines) is 1. The van der Waals surface area contributed by atoms with Crippen molar-refractivity contribution in [2.24, 2.45) is 23.7 Å². The first-order valence-electron chi connectivity index (χ1n) is 10.2. The molecule has 0 aromatic rings. The lowest BCUT2D eigenvalue weighted by Gasteiger charge is -2.27. The molecule has 150 valence electrons. The Hall–Kier alpha value is -1.69. The van der Waals surface area contributed by atoms with E-state index in [2.05, 4.69) is 17.5 Å². The molecule has 1 aliphatic heterocycles. The number of nitrogens with zero attached hydrogens (tertiary/aromatic N) is 1. The van der Waals surface area contributed by atoms with Crippen LogP contribution in [0.2, 0.25) is 0 Å². The zero-order chi connectivity index (χ0) is 19.8. The fourth-order valence-electron chi connectivity index (χ4n) is 4.63. The van der Waals surface area contributed by atoms with Crippen LogP contribution < -0.4 is 5.32 Å². The van der Waals surface area contributed by atoms with Gasteiger partial charge in [0.05, 0.1) is 17.9 Å². The van der Waals surface area contributed by atoms with Crippen LogP contribution in [0.25, 0.3) is 0 Å². The molecule has 2 bridgehead atoms. The lowest BCUT2D eigenvalue weighted by atomic mass is 9.85. The summed E-state index contributed by atoms with van der Waals surface area (Å²) in [5.41, 5.74) is -0.340. The van der Waals surface area contributed by atoms with E-state index in [0.29, 0.717) is 26.0 Å². The quantitative estimate of drug-likeness (QED) is 0.495. The molecule has 1 saturated heterocycles. The number of carbonyl (C=O) groups excluding carboxylic acids is 3. The van der Waals surface area contributed by atoms with Crippen molar-refractivity contribution >= 4 is 17.7 Å². The summed E-state index contributed by atoms with van der Waals surface area (Å²) in [7, 11) is 0. The van der Waals surface area contributed by atoms with Crippen LogP contribution in [0.1, 0.15) is 53.4 Å². The number of imide groups is 1. The van der Waals surface area contributed by atoms with Crippen molar-refractivity contribution in [3.63, 3.8) is 0 Å². The molecule has 6 heteroatoms. The van der Waals surface area contributed by atoms with E-state index in [9.17, 15) is 14.4 Å². The Morgan fingerprint density at radius 2 is 1.81 bits per heavy atom. The fraction of sp³-hybridized carbons (Fsp3) is 0.762. The van der Waals surface area contributed by atoms with Crippen molar-refractivity contribution in [1.82, 2.24) is 10.2 Å². The van der Waals surface area contributed by atoms with Gasteiger partial charge in [-0.1, -0.05) is 12.2 Å². The van der Waals surface area contributed by atoms with Crippen LogP contribution in [0, 0.1) is 23.7 Å². The molecule has 2 fully saturated rings. The highest BCUT2D eigenvalue weighted by molar-refractivity contribution is 6.06. The molecule has 0 spiro atoms. The minimum Gasteiger partial charge on any atom is -0.379 e. The van der Waals surface area contributed by atoms with Crippen LogP contribution in [0.15, 0.2) is 12.2 Å². The molecule has 0 aromatic heterocycles. The normalized spacial score (nSPS) is 29.1. The van der Waals surface area contributed by atoms with E-state index < -0.39 is 0 Å². The smallest absolute Gasteiger partial charge is 0.233 e. The van der Waals surface area contributed by atoms with E-state index in [-0.39, 0.29) is 53.0 Å². The predicted molar refractivity (Wildman–Crippen MR) is 102 cm³/mol. The van der Waals surface area contributed by atoms with Gasteiger partial charge in [-0.2, -0.15) is 0 Å². The van der Waals surface area contributed by atoms with Crippen LogP contribution in [0.3, 0.4) is 0 Å². The topological polar surface area (TPSA) is 75.7 Å². The second-order valence-corrected chi connectivity index (χ2v) is 9.03. The van der Waals surface area contributed by atoms with Gasteiger partial charge in [0.1, 0.15) is 0 Å². The van der Waals surface area contributed by atoms with Crippen molar-refractivity contribution in [3.05, 3.63) is 12.2 Å². The van der Waals surface area contributed by atoms with Gasteiger partial charge in [0.15, 0.2) is 0 Å². The molecule has 27 heavy (non-hydrogen) atoms. The van der Waals surface area contributed by atoms with Crippen molar-refractivity contribution in [2.45, 2.75) is 65.0 Å². The molecule has 3 aliphatic rings. The van der Waals surface area contributed by atoms with Gasteiger partial charge >= 0.3 is 0 Å². The summed E-state index contributed by atoms with van der Waals surface area (Å²) in [5, 5.41) is 3.02. The molecule has 4 atom stereocenters. The Labute approximate surface area is 161 Å². The first-order chi connectivity index (χ1) is 12.7. The molecule has 3 amide bonds. The van der Waals surface area contributed by atoms with Crippen molar-refractivity contribution < 1.29 is 19.1 Å². The van der Waals surface area contributed by atoms with Crippen LogP contribution in [0.5, 0.6) is 0 Å². The number of carbonyl (C=O) groups is 3. The number of amides is 3. The van der Waals surface area contributed by atoms with Gasteiger partial charge in [-0.25, -0.2) is 0 Å². The highest BCUT2D eigenvalue weighted by Gasteiger charge is 2.58. The molecule has 6 nitrogen and oxygen atoms in total. The molecular weight excluding hydrogens is 344 g/mol. The summed E-state index contributed by atoms with van der Waals surface area (Å²) in [6.07, 6.45) is 6.86. The summed E-state index contributed by atoms with van der Waals surface area (Å²) in [6, 6.07) is 0. The average molecular weight is 376 g/mol. The SMILES string of the molecule is CC(C)OCCC(C)(C)NC(=O)CCCN1C(=O)[C@@H]2C3C=CC(C3)[C@@H]2C1=O. The first kappa shape index (κ1) is 20.1. The van der Waals surface area contributed by atoms with Crippen LogP contribution in [-0.4, -0.2) is 47.4 Å². The highest BCUT2D eigenvalue weighted by atomic mass is 16.5. The third-order valence-corrected chi connectivity index (χ3v) is 6.00. The number of hydrogen-bond acceptors (Lipinski definition) is 4. The Morgan fingerprint density at radius 3 is 2.37 bits per heavy atom. The van der Waals surface area contributed by atoms with E-state index in [0.717, 1.165) is 12.8 Å². The Bertz CT molecular complexity index is 610.